The van der Waals surface area contributed by atoms with E-state index >= 15 is 0 Å². The number of piperidine rings is 1. The van der Waals surface area contributed by atoms with Crippen LogP contribution in [0.3, 0.4) is 0 Å². The summed E-state index contributed by atoms with van der Waals surface area (Å²) in [6, 6.07) is 7.12. The molecule has 7 nitrogen and oxygen atoms in total. The maximum absolute atomic E-state index is 12.3. The number of nitrogens with zero attached hydrogens (tertiary/aromatic N) is 3. The molecule has 0 aliphatic carbocycles. The third kappa shape index (κ3) is 4.32. The summed E-state index contributed by atoms with van der Waals surface area (Å²) in [5.41, 5.74) is 1.47. The van der Waals surface area contributed by atoms with Crippen molar-refractivity contribution in [3.8, 4) is 0 Å². The van der Waals surface area contributed by atoms with Gasteiger partial charge in [-0.1, -0.05) is 6.07 Å². The second-order valence-corrected chi connectivity index (χ2v) is 6.08. The highest BCUT2D eigenvalue weighted by Crippen LogP contribution is 2.14. The summed E-state index contributed by atoms with van der Waals surface area (Å²) in [4.78, 5) is 34.4. The molecule has 3 amide bonds. The number of nitrogens with one attached hydrogen (secondary N) is 2. The molecule has 2 aromatic heterocycles. The predicted molar refractivity (Wildman–Crippen MR) is 94.3 cm³/mol. The van der Waals surface area contributed by atoms with Gasteiger partial charge in [0.1, 0.15) is 5.82 Å². The number of amides is 3. The van der Waals surface area contributed by atoms with Crippen molar-refractivity contribution in [3.63, 3.8) is 0 Å². The minimum atomic E-state index is -0.154. The molecule has 1 aliphatic rings. The van der Waals surface area contributed by atoms with E-state index in [2.05, 4.69) is 20.6 Å². The topological polar surface area (TPSA) is 87.2 Å². The molecular formula is C18H21N5O2. The van der Waals surface area contributed by atoms with Crippen molar-refractivity contribution in [2.45, 2.75) is 25.8 Å². The molecule has 1 aliphatic heterocycles. The number of aromatic nitrogens is 2. The summed E-state index contributed by atoms with van der Waals surface area (Å²) in [7, 11) is 0. The Balaban J connectivity index is 1.49. The lowest BCUT2D eigenvalue weighted by Crippen LogP contribution is -2.47. The summed E-state index contributed by atoms with van der Waals surface area (Å²) in [6.45, 7) is 3.09. The van der Waals surface area contributed by atoms with Crippen molar-refractivity contribution >= 4 is 17.8 Å². The normalized spacial score (nSPS) is 14.8. The second-order valence-electron chi connectivity index (χ2n) is 6.08. The van der Waals surface area contributed by atoms with E-state index in [9.17, 15) is 9.59 Å². The average molecular weight is 339 g/mol. The van der Waals surface area contributed by atoms with Gasteiger partial charge in [0.15, 0.2) is 0 Å². The molecule has 0 spiro atoms. The van der Waals surface area contributed by atoms with Gasteiger partial charge in [0.2, 0.25) is 0 Å². The minimum Gasteiger partial charge on any atom is -0.349 e. The van der Waals surface area contributed by atoms with Crippen LogP contribution in [0.5, 0.6) is 0 Å². The SMILES string of the molecule is Cc1cccnc1NC(=O)N1CCC(NC(=O)c2cccnc2)CC1. The lowest BCUT2D eigenvalue weighted by Gasteiger charge is -2.32. The first-order valence-corrected chi connectivity index (χ1v) is 8.32. The van der Waals surface area contributed by atoms with Crippen molar-refractivity contribution in [2.24, 2.45) is 0 Å². The number of hydrogen-bond donors (Lipinski definition) is 2. The number of aryl methyl sites for hydroxylation is 1. The van der Waals surface area contributed by atoms with Gasteiger partial charge >= 0.3 is 6.03 Å². The number of carbonyl (C=O) groups is 2. The first kappa shape index (κ1) is 16.9. The van der Waals surface area contributed by atoms with Gasteiger partial charge in [-0.05, 0) is 43.5 Å². The number of carbonyl (C=O) groups excluding carboxylic acids is 2. The van der Waals surface area contributed by atoms with Crippen molar-refractivity contribution in [3.05, 3.63) is 54.0 Å². The molecule has 1 saturated heterocycles. The summed E-state index contributed by atoms with van der Waals surface area (Å²) >= 11 is 0. The highest BCUT2D eigenvalue weighted by atomic mass is 16.2. The predicted octanol–water partition coefficient (Wildman–Crippen LogP) is 2.21. The molecule has 0 saturated carbocycles. The van der Waals surface area contributed by atoms with Crippen LogP contribution in [0.4, 0.5) is 10.6 Å². The van der Waals surface area contributed by atoms with Crippen LogP contribution >= 0.6 is 0 Å². The number of urea groups is 1. The highest BCUT2D eigenvalue weighted by molar-refractivity contribution is 5.94. The Kier molecular flexibility index (Phi) is 5.23. The molecule has 0 atom stereocenters. The lowest BCUT2D eigenvalue weighted by molar-refractivity contribution is 0.0919. The van der Waals surface area contributed by atoms with E-state index in [0.29, 0.717) is 24.5 Å². The zero-order chi connectivity index (χ0) is 17.6. The molecule has 7 heteroatoms. The largest absolute Gasteiger partial charge is 0.349 e. The third-order valence-corrected chi connectivity index (χ3v) is 4.28. The fraction of sp³-hybridized carbons (Fsp3) is 0.333. The fourth-order valence-corrected chi connectivity index (χ4v) is 2.79. The van der Waals surface area contributed by atoms with E-state index in [1.165, 1.54) is 0 Å². The Bertz CT molecular complexity index is 742. The van der Waals surface area contributed by atoms with Crippen molar-refractivity contribution < 1.29 is 9.59 Å². The zero-order valence-electron chi connectivity index (χ0n) is 14.1. The van der Waals surface area contributed by atoms with E-state index < -0.39 is 0 Å². The van der Waals surface area contributed by atoms with Crippen molar-refractivity contribution in [2.75, 3.05) is 18.4 Å². The Hall–Kier alpha value is -2.96. The molecule has 0 bridgehead atoms. The molecule has 2 aromatic rings. The molecule has 0 unspecified atom stereocenters. The maximum atomic E-state index is 12.3. The second kappa shape index (κ2) is 7.74. The van der Waals surface area contributed by atoms with Gasteiger partial charge < -0.3 is 10.2 Å². The molecule has 0 radical (unpaired) electrons. The summed E-state index contributed by atoms with van der Waals surface area (Å²) in [5, 5.41) is 5.85. The van der Waals surface area contributed by atoms with Gasteiger partial charge in [-0.2, -0.15) is 0 Å². The van der Waals surface area contributed by atoms with Crippen LogP contribution in [0.1, 0.15) is 28.8 Å². The molecular weight excluding hydrogens is 318 g/mol. The lowest BCUT2D eigenvalue weighted by atomic mass is 10.0. The van der Waals surface area contributed by atoms with Gasteiger partial charge in [-0.15, -0.1) is 0 Å². The van der Waals surface area contributed by atoms with Crippen LogP contribution in [0.2, 0.25) is 0 Å². The van der Waals surface area contributed by atoms with E-state index in [-0.39, 0.29) is 18.0 Å². The van der Waals surface area contributed by atoms with Gasteiger partial charge in [0.05, 0.1) is 5.56 Å². The van der Waals surface area contributed by atoms with E-state index in [1.54, 1.807) is 35.6 Å². The van der Waals surface area contributed by atoms with Gasteiger partial charge in [0, 0.05) is 37.7 Å². The molecule has 1 fully saturated rings. The quantitative estimate of drug-likeness (QED) is 0.897. The van der Waals surface area contributed by atoms with E-state index in [0.717, 1.165) is 18.4 Å². The van der Waals surface area contributed by atoms with Crippen LogP contribution in [-0.2, 0) is 0 Å². The van der Waals surface area contributed by atoms with Crippen LogP contribution in [0.25, 0.3) is 0 Å². The van der Waals surface area contributed by atoms with Crippen molar-refractivity contribution in [1.29, 1.82) is 0 Å². The maximum Gasteiger partial charge on any atom is 0.323 e. The summed E-state index contributed by atoms with van der Waals surface area (Å²) in [6.07, 6.45) is 6.29. The van der Waals surface area contributed by atoms with Crippen LogP contribution < -0.4 is 10.6 Å². The Morgan fingerprint density at radius 1 is 1.16 bits per heavy atom. The van der Waals surface area contributed by atoms with E-state index in [4.69, 9.17) is 0 Å². The Morgan fingerprint density at radius 3 is 2.60 bits per heavy atom. The minimum absolute atomic E-state index is 0.0633. The monoisotopic (exact) mass is 339 g/mol. The van der Waals surface area contributed by atoms with Crippen LogP contribution in [0, 0.1) is 6.92 Å². The number of hydrogen-bond acceptors (Lipinski definition) is 4. The Morgan fingerprint density at radius 2 is 1.92 bits per heavy atom. The summed E-state index contributed by atoms with van der Waals surface area (Å²) < 4.78 is 0. The number of rotatable bonds is 3. The van der Waals surface area contributed by atoms with Crippen molar-refractivity contribution in [1.82, 2.24) is 20.2 Å². The highest BCUT2D eigenvalue weighted by Gasteiger charge is 2.24. The van der Waals surface area contributed by atoms with Gasteiger partial charge in [-0.25, -0.2) is 9.78 Å². The third-order valence-electron chi connectivity index (χ3n) is 4.28. The molecule has 0 aromatic carbocycles. The fourth-order valence-electron chi connectivity index (χ4n) is 2.79. The van der Waals surface area contributed by atoms with Crippen LogP contribution in [0.15, 0.2) is 42.9 Å². The standard InChI is InChI=1S/C18H21N5O2/c1-13-4-2-9-20-16(13)22-18(25)23-10-6-15(7-11-23)21-17(24)14-5-3-8-19-12-14/h2-5,8-9,12,15H,6-7,10-11H2,1H3,(H,21,24)(H,20,22,25). The smallest absolute Gasteiger partial charge is 0.323 e. The van der Waals surface area contributed by atoms with Gasteiger partial charge in [0.25, 0.3) is 5.91 Å². The molecule has 3 heterocycles. The first-order valence-electron chi connectivity index (χ1n) is 8.32. The molecule has 2 N–H and O–H groups in total. The van der Waals surface area contributed by atoms with E-state index in [1.807, 2.05) is 19.1 Å². The molecule has 130 valence electrons. The van der Waals surface area contributed by atoms with Crippen LogP contribution in [-0.4, -0.2) is 45.9 Å². The first-order chi connectivity index (χ1) is 12.1. The number of pyridine rings is 2. The van der Waals surface area contributed by atoms with Gasteiger partial charge in [-0.3, -0.25) is 15.1 Å². The molecule has 25 heavy (non-hydrogen) atoms. The average Bonchev–Trinajstić information content (AvgIpc) is 2.65. The number of likely N-dealkylation sites (tertiary alicyclic amines) is 1. The number of anilines is 1. The zero-order valence-corrected chi connectivity index (χ0v) is 14.1. The Labute approximate surface area is 146 Å². The molecule has 3 rings (SSSR count). The summed E-state index contributed by atoms with van der Waals surface area (Å²) in [5.74, 6) is 0.458.